The third-order valence-electron chi connectivity index (χ3n) is 4.03. The van der Waals surface area contributed by atoms with E-state index in [0.29, 0.717) is 22.3 Å². The first-order valence-electron chi connectivity index (χ1n) is 7.17. The number of nitrogens with zero attached hydrogens (tertiary/aromatic N) is 1. The van der Waals surface area contributed by atoms with Crippen molar-refractivity contribution in [2.75, 3.05) is 11.9 Å². The second-order valence-electron chi connectivity index (χ2n) is 5.37. The Labute approximate surface area is 139 Å². The summed E-state index contributed by atoms with van der Waals surface area (Å²) in [6.07, 6.45) is 0.863. The highest BCUT2D eigenvalue weighted by Crippen LogP contribution is 2.31. The minimum Gasteiger partial charge on any atom is -0.317 e. The SMILES string of the molecule is CC1c2ccccc2CCN1C(=O)Nc1ccc(Cl)cc1Cl. The number of halogens is 2. The van der Waals surface area contributed by atoms with E-state index in [1.165, 1.54) is 11.1 Å². The lowest BCUT2D eigenvalue weighted by atomic mass is 9.94. The maximum atomic E-state index is 12.5. The third-order valence-corrected chi connectivity index (χ3v) is 4.58. The molecule has 2 aromatic rings. The van der Waals surface area contributed by atoms with E-state index in [2.05, 4.69) is 17.4 Å². The van der Waals surface area contributed by atoms with Crippen molar-refractivity contribution in [1.82, 2.24) is 4.90 Å². The zero-order valence-corrected chi connectivity index (χ0v) is 13.7. The van der Waals surface area contributed by atoms with Crippen molar-refractivity contribution in [3.8, 4) is 0 Å². The Morgan fingerprint density at radius 2 is 2.00 bits per heavy atom. The van der Waals surface area contributed by atoms with E-state index >= 15 is 0 Å². The summed E-state index contributed by atoms with van der Waals surface area (Å²) in [6, 6.07) is 13.2. The number of rotatable bonds is 1. The molecule has 0 radical (unpaired) electrons. The standard InChI is InChI=1S/C17H16Cl2N2O/c1-11-14-5-3-2-4-12(14)8-9-21(11)17(22)20-16-7-6-13(18)10-15(16)19/h2-7,10-11H,8-9H2,1H3,(H,20,22). The summed E-state index contributed by atoms with van der Waals surface area (Å²) in [4.78, 5) is 14.4. The van der Waals surface area contributed by atoms with Crippen molar-refractivity contribution in [2.45, 2.75) is 19.4 Å². The number of benzene rings is 2. The quantitative estimate of drug-likeness (QED) is 0.768. The highest BCUT2D eigenvalue weighted by Gasteiger charge is 2.27. The molecule has 5 heteroatoms. The van der Waals surface area contributed by atoms with Crippen molar-refractivity contribution in [3.05, 3.63) is 63.6 Å². The summed E-state index contributed by atoms with van der Waals surface area (Å²) in [7, 11) is 0. The Morgan fingerprint density at radius 1 is 1.23 bits per heavy atom. The van der Waals surface area contributed by atoms with Gasteiger partial charge in [-0.25, -0.2) is 4.79 Å². The number of nitrogens with one attached hydrogen (secondary N) is 1. The summed E-state index contributed by atoms with van der Waals surface area (Å²) in [5.41, 5.74) is 3.08. The molecule has 0 saturated carbocycles. The Bertz CT molecular complexity index is 718. The van der Waals surface area contributed by atoms with Crippen LogP contribution in [0.4, 0.5) is 10.5 Å². The summed E-state index contributed by atoms with van der Waals surface area (Å²) in [6.45, 7) is 2.73. The van der Waals surface area contributed by atoms with Gasteiger partial charge in [0, 0.05) is 11.6 Å². The van der Waals surface area contributed by atoms with Gasteiger partial charge in [-0.2, -0.15) is 0 Å². The van der Waals surface area contributed by atoms with Crippen LogP contribution in [0.15, 0.2) is 42.5 Å². The molecule has 0 fully saturated rings. The molecule has 3 rings (SSSR count). The van der Waals surface area contributed by atoms with Crippen LogP contribution in [0.3, 0.4) is 0 Å². The maximum Gasteiger partial charge on any atom is 0.322 e. The average molecular weight is 335 g/mol. The van der Waals surface area contributed by atoms with E-state index < -0.39 is 0 Å². The van der Waals surface area contributed by atoms with E-state index in [1.54, 1.807) is 18.2 Å². The second-order valence-corrected chi connectivity index (χ2v) is 6.22. The molecule has 2 aromatic carbocycles. The van der Waals surface area contributed by atoms with Gasteiger partial charge in [0.15, 0.2) is 0 Å². The molecule has 22 heavy (non-hydrogen) atoms. The van der Waals surface area contributed by atoms with Crippen LogP contribution in [-0.2, 0) is 6.42 Å². The molecule has 2 amide bonds. The molecular formula is C17H16Cl2N2O. The predicted octanol–water partition coefficient (Wildman–Crippen LogP) is 5.14. The van der Waals surface area contributed by atoms with Crippen molar-refractivity contribution in [1.29, 1.82) is 0 Å². The molecule has 0 spiro atoms. The molecule has 3 nitrogen and oxygen atoms in total. The van der Waals surface area contributed by atoms with Gasteiger partial charge in [0.25, 0.3) is 0 Å². The smallest absolute Gasteiger partial charge is 0.317 e. The second kappa shape index (κ2) is 6.19. The Balaban J connectivity index is 1.79. The van der Waals surface area contributed by atoms with E-state index in [4.69, 9.17) is 23.2 Å². The molecular weight excluding hydrogens is 319 g/mol. The number of carbonyl (C=O) groups is 1. The highest BCUT2D eigenvalue weighted by molar-refractivity contribution is 6.36. The van der Waals surface area contributed by atoms with Gasteiger partial charge in [0.1, 0.15) is 0 Å². The van der Waals surface area contributed by atoms with Crippen LogP contribution in [0.2, 0.25) is 10.0 Å². The van der Waals surface area contributed by atoms with Crippen LogP contribution < -0.4 is 5.32 Å². The fraction of sp³-hybridized carbons (Fsp3) is 0.235. The van der Waals surface area contributed by atoms with Crippen LogP contribution in [0.5, 0.6) is 0 Å². The van der Waals surface area contributed by atoms with Crippen LogP contribution in [0, 0.1) is 0 Å². The molecule has 0 saturated heterocycles. The number of anilines is 1. The minimum atomic E-state index is -0.147. The molecule has 1 aliphatic rings. The number of urea groups is 1. The predicted molar refractivity (Wildman–Crippen MR) is 90.7 cm³/mol. The van der Waals surface area contributed by atoms with E-state index in [9.17, 15) is 4.79 Å². The van der Waals surface area contributed by atoms with Gasteiger partial charge < -0.3 is 10.2 Å². The topological polar surface area (TPSA) is 32.3 Å². The number of fused-ring (bicyclic) bond motifs is 1. The van der Waals surface area contributed by atoms with Crippen molar-refractivity contribution >= 4 is 34.9 Å². The third kappa shape index (κ3) is 2.92. The molecule has 1 atom stereocenters. The molecule has 114 valence electrons. The maximum absolute atomic E-state index is 12.5. The summed E-state index contributed by atoms with van der Waals surface area (Å²) in [5, 5.41) is 3.85. The van der Waals surface area contributed by atoms with E-state index in [1.807, 2.05) is 24.0 Å². The molecule has 1 aliphatic heterocycles. The fourth-order valence-electron chi connectivity index (χ4n) is 2.83. The van der Waals surface area contributed by atoms with Crippen LogP contribution in [0.25, 0.3) is 0 Å². The first-order chi connectivity index (χ1) is 10.6. The van der Waals surface area contributed by atoms with Gasteiger partial charge in [-0.15, -0.1) is 0 Å². The first-order valence-corrected chi connectivity index (χ1v) is 7.92. The van der Waals surface area contributed by atoms with Crippen LogP contribution >= 0.6 is 23.2 Å². The normalized spacial score (nSPS) is 17.0. The summed E-state index contributed by atoms with van der Waals surface area (Å²) < 4.78 is 0. The lowest BCUT2D eigenvalue weighted by Crippen LogP contribution is -2.41. The summed E-state index contributed by atoms with van der Waals surface area (Å²) in [5.74, 6) is 0. The van der Waals surface area contributed by atoms with E-state index in [-0.39, 0.29) is 12.1 Å². The lowest BCUT2D eigenvalue weighted by molar-refractivity contribution is 0.188. The van der Waals surface area contributed by atoms with Gasteiger partial charge in [0.05, 0.1) is 16.8 Å². The molecule has 0 aromatic heterocycles. The fourth-order valence-corrected chi connectivity index (χ4v) is 3.28. The Kier molecular flexibility index (Phi) is 4.27. The number of hydrogen-bond acceptors (Lipinski definition) is 1. The van der Waals surface area contributed by atoms with Crippen molar-refractivity contribution in [2.24, 2.45) is 0 Å². The van der Waals surface area contributed by atoms with Crippen molar-refractivity contribution < 1.29 is 4.79 Å². The minimum absolute atomic E-state index is 0.0380. The summed E-state index contributed by atoms with van der Waals surface area (Å²) >= 11 is 12.0. The van der Waals surface area contributed by atoms with Gasteiger partial charge in [-0.3, -0.25) is 0 Å². The molecule has 1 unspecified atom stereocenters. The van der Waals surface area contributed by atoms with Gasteiger partial charge in [-0.1, -0.05) is 47.5 Å². The van der Waals surface area contributed by atoms with Gasteiger partial charge >= 0.3 is 6.03 Å². The number of hydrogen-bond donors (Lipinski definition) is 1. The zero-order valence-electron chi connectivity index (χ0n) is 12.1. The Morgan fingerprint density at radius 3 is 2.77 bits per heavy atom. The van der Waals surface area contributed by atoms with Gasteiger partial charge in [0.2, 0.25) is 0 Å². The van der Waals surface area contributed by atoms with E-state index in [0.717, 1.165) is 6.42 Å². The Hall–Kier alpha value is -1.71. The molecule has 0 bridgehead atoms. The van der Waals surface area contributed by atoms with Crippen molar-refractivity contribution in [3.63, 3.8) is 0 Å². The molecule has 1 heterocycles. The highest BCUT2D eigenvalue weighted by atomic mass is 35.5. The molecule has 1 N–H and O–H groups in total. The first kappa shape index (κ1) is 15.2. The van der Waals surface area contributed by atoms with Crippen LogP contribution in [0.1, 0.15) is 24.1 Å². The number of amides is 2. The average Bonchev–Trinajstić information content (AvgIpc) is 2.50. The largest absolute Gasteiger partial charge is 0.322 e. The monoisotopic (exact) mass is 334 g/mol. The zero-order chi connectivity index (χ0) is 15.7. The molecule has 0 aliphatic carbocycles. The lowest BCUT2D eigenvalue weighted by Gasteiger charge is -2.35. The number of carbonyl (C=O) groups excluding carboxylic acids is 1. The van der Waals surface area contributed by atoms with Gasteiger partial charge in [-0.05, 0) is 42.7 Å². The van der Waals surface area contributed by atoms with Crippen LogP contribution in [-0.4, -0.2) is 17.5 Å².